The van der Waals surface area contributed by atoms with E-state index < -0.39 is 0 Å². The van der Waals surface area contributed by atoms with Crippen LogP contribution in [0.1, 0.15) is 29.1 Å². The standard InChI is InChI=1S/C25H20ClN3O2S/c1-15-5-6-16(26)14-19(15)21-11-12-22(31-21)24-23(20-4-2-3-13-27-20)28-25(32)29(24)17-7-9-18(30)10-8-17/h2-14,23-24,30H,1H3,(H,28,32)/t23-,24+/m0/s1. The monoisotopic (exact) mass is 461 g/mol. The zero-order chi connectivity index (χ0) is 22.2. The molecule has 4 aromatic rings. The Hall–Kier alpha value is -3.35. The quantitative estimate of drug-likeness (QED) is 0.353. The van der Waals surface area contributed by atoms with E-state index in [2.05, 4.69) is 10.3 Å². The molecule has 0 spiro atoms. The minimum Gasteiger partial charge on any atom is -0.508 e. The van der Waals surface area contributed by atoms with E-state index >= 15 is 0 Å². The normalized spacial score (nSPS) is 18.1. The summed E-state index contributed by atoms with van der Waals surface area (Å²) in [6.45, 7) is 2.03. The molecular formula is C25H20ClN3O2S. The van der Waals surface area contributed by atoms with E-state index in [9.17, 15) is 5.11 Å². The van der Waals surface area contributed by atoms with Gasteiger partial charge in [0.05, 0.1) is 11.7 Å². The number of hydrogen-bond donors (Lipinski definition) is 2. The van der Waals surface area contributed by atoms with Gasteiger partial charge in [-0.05, 0) is 85.4 Å². The van der Waals surface area contributed by atoms with Crippen molar-refractivity contribution in [1.29, 1.82) is 0 Å². The fourth-order valence-electron chi connectivity index (χ4n) is 4.05. The van der Waals surface area contributed by atoms with Gasteiger partial charge in [-0.25, -0.2) is 0 Å². The van der Waals surface area contributed by atoms with Crippen LogP contribution in [0.5, 0.6) is 5.75 Å². The van der Waals surface area contributed by atoms with Crippen molar-refractivity contribution in [2.24, 2.45) is 0 Å². The summed E-state index contributed by atoms with van der Waals surface area (Å²) in [6, 6.07) is 22.0. The van der Waals surface area contributed by atoms with Gasteiger partial charge >= 0.3 is 0 Å². The number of nitrogens with zero attached hydrogens (tertiary/aromatic N) is 2. The van der Waals surface area contributed by atoms with E-state index in [0.29, 0.717) is 10.1 Å². The summed E-state index contributed by atoms with van der Waals surface area (Å²) < 4.78 is 6.39. The second kappa shape index (κ2) is 8.30. The molecule has 1 fully saturated rings. The van der Waals surface area contributed by atoms with Crippen LogP contribution in [0.25, 0.3) is 11.3 Å². The van der Waals surface area contributed by atoms with Crippen molar-refractivity contribution in [2.75, 3.05) is 4.90 Å². The number of pyridine rings is 1. The Bertz CT molecular complexity index is 1270. The van der Waals surface area contributed by atoms with Gasteiger partial charge in [-0.3, -0.25) is 4.98 Å². The number of thiocarbonyl (C=S) groups is 1. The predicted molar refractivity (Wildman–Crippen MR) is 130 cm³/mol. The maximum absolute atomic E-state index is 9.75. The molecule has 2 aromatic heterocycles. The number of benzene rings is 2. The van der Waals surface area contributed by atoms with Crippen molar-refractivity contribution < 1.29 is 9.52 Å². The summed E-state index contributed by atoms with van der Waals surface area (Å²) in [6.07, 6.45) is 1.77. The third kappa shape index (κ3) is 3.72. The first-order chi connectivity index (χ1) is 15.5. The highest BCUT2D eigenvalue weighted by molar-refractivity contribution is 7.80. The number of aromatic hydroxyl groups is 1. The van der Waals surface area contributed by atoms with E-state index in [-0.39, 0.29) is 17.8 Å². The Balaban J connectivity index is 1.61. The summed E-state index contributed by atoms with van der Waals surface area (Å²) in [5.41, 5.74) is 3.73. The van der Waals surface area contributed by atoms with Gasteiger partial charge in [0.15, 0.2) is 5.11 Å². The molecule has 0 bridgehead atoms. The Morgan fingerprint density at radius 3 is 2.62 bits per heavy atom. The van der Waals surface area contributed by atoms with Crippen LogP contribution >= 0.6 is 23.8 Å². The molecule has 1 saturated heterocycles. The lowest BCUT2D eigenvalue weighted by Gasteiger charge is -2.26. The zero-order valence-corrected chi connectivity index (χ0v) is 18.8. The average Bonchev–Trinajstić information content (AvgIpc) is 3.41. The predicted octanol–water partition coefficient (Wildman–Crippen LogP) is 6.19. The van der Waals surface area contributed by atoms with Crippen LogP contribution in [0, 0.1) is 6.92 Å². The number of rotatable bonds is 4. The number of halogens is 1. The fourth-order valence-corrected chi connectivity index (χ4v) is 4.57. The number of nitrogens with one attached hydrogen (secondary N) is 1. The summed E-state index contributed by atoms with van der Waals surface area (Å²) in [4.78, 5) is 6.56. The van der Waals surface area contributed by atoms with Gasteiger partial charge in [0.25, 0.3) is 0 Å². The minimum atomic E-state index is -0.268. The summed E-state index contributed by atoms with van der Waals surface area (Å²) in [7, 11) is 0. The van der Waals surface area contributed by atoms with E-state index in [1.54, 1.807) is 18.3 Å². The smallest absolute Gasteiger partial charge is 0.174 e. The molecule has 0 unspecified atom stereocenters. The van der Waals surface area contributed by atoms with Gasteiger partial charge in [0.1, 0.15) is 23.3 Å². The van der Waals surface area contributed by atoms with E-state index in [1.807, 2.05) is 72.5 Å². The average molecular weight is 462 g/mol. The Kier molecular flexibility index (Phi) is 5.33. The molecule has 5 rings (SSSR count). The van der Waals surface area contributed by atoms with Crippen molar-refractivity contribution in [2.45, 2.75) is 19.0 Å². The molecule has 2 atom stereocenters. The van der Waals surface area contributed by atoms with Crippen molar-refractivity contribution in [3.8, 4) is 17.1 Å². The highest BCUT2D eigenvalue weighted by Crippen LogP contribution is 2.43. The molecule has 1 aliphatic rings. The van der Waals surface area contributed by atoms with E-state index in [4.69, 9.17) is 28.2 Å². The molecule has 1 aliphatic heterocycles. The van der Waals surface area contributed by atoms with Gasteiger partial charge in [0.2, 0.25) is 0 Å². The second-order valence-corrected chi connectivity index (χ2v) is 8.50. The van der Waals surface area contributed by atoms with Crippen LogP contribution in [-0.4, -0.2) is 15.2 Å². The molecule has 0 aliphatic carbocycles. The van der Waals surface area contributed by atoms with Crippen molar-refractivity contribution in [1.82, 2.24) is 10.3 Å². The second-order valence-electron chi connectivity index (χ2n) is 7.67. The first-order valence-corrected chi connectivity index (χ1v) is 11.0. The molecule has 5 nitrogen and oxygen atoms in total. The zero-order valence-electron chi connectivity index (χ0n) is 17.2. The third-order valence-electron chi connectivity index (χ3n) is 5.61. The van der Waals surface area contributed by atoms with Gasteiger partial charge < -0.3 is 19.7 Å². The molecular weight excluding hydrogens is 442 g/mol. The molecule has 7 heteroatoms. The number of hydrogen-bond acceptors (Lipinski definition) is 4. The van der Waals surface area contributed by atoms with Crippen LogP contribution in [0.3, 0.4) is 0 Å². The van der Waals surface area contributed by atoms with Gasteiger partial charge in [0, 0.05) is 22.5 Å². The number of furan rings is 1. The Labute approximate surface area is 196 Å². The van der Waals surface area contributed by atoms with Crippen molar-refractivity contribution in [3.05, 3.63) is 101 Å². The lowest BCUT2D eigenvalue weighted by Crippen LogP contribution is -2.29. The fraction of sp³-hybridized carbons (Fsp3) is 0.120. The third-order valence-corrected chi connectivity index (χ3v) is 6.16. The molecule has 3 heterocycles. The maximum Gasteiger partial charge on any atom is 0.174 e. The summed E-state index contributed by atoms with van der Waals surface area (Å²) >= 11 is 11.9. The van der Waals surface area contributed by atoms with E-state index in [1.165, 1.54) is 0 Å². The minimum absolute atomic E-state index is 0.196. The SMILES string of the molecule is Cc1ccc(Cl)cc1-c1ccc([C@@H]2[C@H](c3ccccn3)NC(=S)N2c2ccc(O)cc2)o1. The van der Waals surface area contributed by atoms with Crippen LogP contribution in [0.4, 0.5) is 5.69 Å². The largest absolute Gasteiger partial charge is 0.508 e. The number of phenolic OH excluding ortho intramolecular Hbond substituents is 1. The lowest BCUT2D eigenvalue weighted by molar-refractivity contribution is 0.439. The molecule has 2 aromatic carbocycles. The van der Waals surface area contributed by atoms with Crippen LogP contribution in [0.2, 0.25) is 5.02 Å². The molecule has 32 heavy (non-hydrogen) atoms. The van der Waals surface area contributed by atoms with Gasteiger partial charge in [-0.1, -0.05) is 23.7 Å². The topological polar surface area (TPSA) is 61.5 Å². The highest BCUT2D eigenvalue weighted by atomic mass is 35.5. The molecule has 0 radical (unpaired) electrons. The summed E-state index contributed by atoms with van der Waals surface area (Å²) in [5.74, 6) is 1.68. The first kappa shape index (κ1) is 20.5. The number of anilines is 1. The van der Waals surface area contributed by atoms with Crippen molar-refractivity contribution >= 4 is 34.6 Å². The van der Waals surface area contributed by atoms with Gasteiger partial charge in [-0.15, -0.1) is 0 Å². The Morgan fingerprint density at radius 2 is 1.88 bits per heavy atom. The number of phenols is 1. The van der Waals surface area contributed by atoms with Crippen molar-refractivity contribution in [3.63, 3.8) is 0 Å². The van der Waals surface area contributed by atoms with Crippen LogP contribution < -0.4 is 10.2 Å². The first-order valence-electron chi connectivity index (χ1n) is 10.2. The van der Waals surface area contributed by atoms with Crippen LogP contribution in [-0.2, 0) is 0 Å². The Morgan fingerprint density at radius 1 is 1.06 bits per heavy atom. The van der Waals surface area contributed by atoms with E-state index in [0.717, 1.165) is 34.0 Å². The van der Waals surface area contributed by atoms with Gasteiger partial charge in [-0.2, -0.15) is 0 Å². The molecule has 2 N–H and O–H groups in total. The lowest BCUT2D eigenvalue weighted by atomic mass is 10.0. The number of aromatic nitrogens is 1. The highest BCUT2D eigenvalue weighted by Gasteiger charge is 2.42. The maximum atomic E-state index is 9.75. The number of aryl methyl sites for hydroxylation is 1. The summed E-state index contributed by atoms with van der Waals surface area (Å²) in [5, 5.41) is 14.4. The van der Waals surface area contributed by atoms with Crippen LogP contribution in [0.15, 0.2) is 83.4 Å². The molecule has 0 saturated carbocycles. The molecule has 160 valence electrons. The molecule has 0 amide bonds.